The highest BCUT2D eigenvalue weighted by molar-refractivity contribution is 5.49. The van der Waals surface area contributed by atoms with Gasteiger partial charge in [-0.1, -0.05) is 18.2 Å². The first-order valence-electron chi connectivity index (χ1n) is 9.33. The number of aryl methyl sites for hydroxylation is 1. The second-order valence-corrected chi connectivity index (χ2v) is 6.89. The molecular formula is C20H24F3N3O3. The first-order chi connectivity index (χ1) is 13.9. The third-order valence-corrected chi connectivity index (χ3v) is 4.99. The van der Waals surface area contributed by atoms with E-state index in [0.29, 0.717) is 43.4 Å². The molecule has 0 amide bonds. The van der Waals surface area contributed by atoms with Gasteiger partial charge in [-0.05, 0) is 6.92 Å². The van der Waals surface area contributed by atoms with Crippen molar-refractivity contribution in [1.82, 2.24) is 9.97 Å². The molecule has 0 aliphatic carbocycles. The molecule has 1 saturated heterocycles. The van der Waals surface area contributed by atoms with Crippen LogP contribution in [-0.4, -0.2) is 42.5 Å². The van der Waals surface area contributed by atoms with Crippen LogP contribution in [0.1, 0.15) is 36.2 Å². The fourth-order valence-corrected chi connectivity index (χ4v) is 3.13. The number of ether oxygens (including phenoxy) is 3. The SMILES string of the molecule is COC1(COc2cnc(C)nc2NCc2cccc(C(F)F)c2F)CCOCC1. The summed E-state index contributed by atoms with van der Waals surface area (Å²) in [5.41, 5.74) is -0.970. The Morgan fingerprint density at radius 3 is 2.72 bits per heavy atom. The molecule has 29 heavy (non-hydrogen) atoms. The van der Waals surface area contributed by atoms with E-state index in [1.807, 2.05) is 0 Å². The van der Waals surface area contributed by atoms with Crippen molar-refractivity contribution in [3.8, 4) is 5.75 Å². The number of anilines is 1. The van der Waals surface area contributed by atoms with Gasteiger partial charge in [-0.3, -0.25) is 0 Å². The van der Waals surface area contributed by atoms with Gasteiger partial charge in [0.2, 0.25) is 0 Å². The van der Waals surface area contributed by atoms with E-state index in [2.05, 4.69) is 15.3 Å². The molecular weight excluding hydrogens is 387 g/mol. The first-order valence-corrected chi connectivity index (χ1v) is 9.33. The van der Waals surface area contributed by atoms with Crippen molar-refractivity contribution in [1.29, 1.82) is 0 Å². The van der Waals surface area contributed by atoms with Gasteiger partial charge in [0.25, 0.3) is 6.43 Å². The number of hydrogen-bond acceptors (Lipinski definition) is 6. The summed E-state index contributed by atoms with van der Waals surface area (Å²) in [6.45, 7) is 3.15. The van der Waals surface area contributed by atoms with Crippen LogP contribution in [-0.2, 0) is 16.0 Å². The van der Waals surface area contributed by atoms with Gasteiger partial charge in [0, 0.05) is 45.3 Å². The standard InChI is InChI=1S/C20H24F3N3O3/c1-13-24-11-16(29-12-20(27-2)6-8-28-9-7-20)19(26-13)25-10-14-4-3-5-15(17(14)21)18(22)23/h3-5,11,18H,6-10,12H2,1-2H3,(H,24,25,26). The summed E-state index contributed by atoms with van der Waals surface area (Å²) in [6, 6.07) is 3.92. The normalized spacial score (nSPS) is 16.1. The lowest BCUT2D eigenvalue weighted by molar-refractivity contribution is -0.110. The quantitative estimate of drug-likeness (QED) is 0.707. The van der Waals surface area contributed by atoms with Crippen molar-refractivity contribution < 1.29 is 27.4 Å². The predicted molar refractivity (Wildman–Crippen MR) is 101 cm³/mol. The summed E-state index contributed by atoms with van der Waals surface area (Å²) >= 11 is 0. The van der Waals surface area contributed by atoms with E-state index >= 15 is 0 Å². The largest absolute Gasteiger partial charge is 0.485 e. The molecule has 0 atom stereocenters. The molecule has 6 nitrogen and oxygen atoms in total. The number of rotatable bonds is 8. The van der Waals surface area contributed by atoms with E-state index in [-0.39, 0.29) is 18.7 Å². The fraction of sp³-hybridized carbons (Fsp3) is 0.500. The maximum atomic E-state index is 14.3. The van der Waals surface area contributed by atoms with Crippen LogP contribution in [0.5, 0.6) is 5.75 Å². The van der Waals surface area contributed by atoms with Crippen LogP contribution in [0.2, 0.25) is 0 Å². The monoisotopic (exact) mass is 411 g/mol. The van der Waals surface area contributed by atoms with Crippen LogP contribution in [0, 0.1) is 12.7 Å². The minimum atomic E-state index is -2.88. The van der Waals surface area contributed by atoms with E-state index < -0.39 is 23.4 Å². The molecule has 9 heteroatoms. The van der Waals surface area contributed by atoms with Crippen LogP contribution in [0.3, 0.4) is 0 Å². The Bertz CT molecular complexity index is 830. The van der Waals surface area contributed by atoms with Gasteiger partial charge in [0.1, 0.15) is 23.8 Å². The lowest BCUT2D eigenvalue weighted by Crippen LogP contribution is -2.43. The molecule has 1 N–H and O–H groups in total. The summed E-state index contributed by atoms with van der Waals surface area (Å²) < 4.78 is 57.1. The van der Waals surface area contributed by atoms with Crippen molar-refractivity contribution >= 4 is 5.82 Å². The Morgan fingerprint density at radius 2 is 2.03 bits per heavy atom. The number of alkyl halides is 2. The molecule has 1 aromatic heterocycles. The molecule has 0 unspecified atom stereocenters. The number of nitrogens with zero attached hydrogens (tertiary/aromatic N) is 2. The molecule has 1 fully saturated rings. The number of aromatic nitrogens is 2. The molecule has 0 bridgehead atoms. The summed E-state index contributed by atoms with van der Waals surface area (Å²) in [7, 11) is 1.64. The molecule has 1 aliphatic rings. The van der Waals surface area contributed by atoms with Crippen molar-refractivity contribution in [2.75, 3.05) is 32.2 Å². The van der Waals surface area contributed by atoms with E-state index in [1.54, 1.807) is 14.0 Å². The minimum Gasteiger partial charge on any atom is -0.485 e. The maximum absolute atomic E-state index is 14.3. The van der Waals surface area contributed by atoms with E-state index in [9.17, 15) is 13.2 Å². The van der Waals surface area contributed by atoms with Gasteiger partial charge < -0.3 is 19.5 Å². The molecule has 0 radical (unpaired) electrons. The zero-order valence-electron chi connectivity index (χ0n) is 16.4. The number of hydrogen-bond donors (Lipinski definition) is 1. The van der Waals surface area contributed by atoms with Gasteiger partial charge in [-0.15, -0.1) is 0 Å². The highest BCUT2D eigenvalue weighted by Crippen LogP contribution is 2.29. The van der Waals surface area contributed by atoms with Gasteiger partial charge in [0.15, 0.2) is 11.6 Å². The predicted octanol–water partition coefficient (Wildman–Crippen LogP) is 4.05. The lowest BCUT2D eigenvalue weighted by atomic mass is 9.95. The van der Waals surface area contributed by atoms with Crippen LogP contribution < -0.4 is 10.1 Å². The van der Waals surface area contributed by atoms with Gasteiger partial charge in [-0.2, -0.15) is 0 Å². The number of nitrogens with one attached hydrogen (secondary N) is 1. The first kappa shape index (κ1) is 21.3. The number of halogens is 3. The molecule has 2 heterocycles. The molecule has 1 aromatic carbocycles. The van der Waals surface area contributed by atoms with Crippen molar-refractivity contribution in [2.24, 2.45) is 0 Å². The second kappa shape index (κ2) is 9.41. The van der Waals surface area contributed by atoms with E-state index in [1.165, 1.54) is 18.3 Å². The molecule has 1 aliphatic heterocycles. The number of benzene rings is 1. The van der Waals surface area contributed by atoms with E-state index in [0.717, 1.165) is 6.07 Å². The maximum Gasteiger partial charge on any atom is 0.266 e. The van der Waals surface area contributed by atoms with Crippen molar-refractivity contribution in [3.63, 3.8) is 0 Å². The van der Waals surface area contributed by atoms with Gasteiger partial charge in [0.05, 0.1) is 11.8 Å². The van der Waals surface area contributed by atoms with Crippen LogP contribution in [0.25, 0.3) is 0 Å². The smallest absolute Gasteiger partial charge is 0.266 e. The Balaban J connectivity index is 1.73. The third-order valence-electron chi connectivity index (χ3n) is 4.99. The van der Waals surface area contributed by atoms with Crippen molar-refractivity contribution in [2.45, 2.75) is 38.3 Å². The highest BCUT2D eigenvalue weighted by atomic mass is 19.3. The average molecular weight is 411 g/mol. The molecule has 158 valence electrons. The van der Waals surface area contributed by atoms with Gasteiger partial charge >= 0.3 is 0 Å². The second-order valence-electron chi connectivity index (χ2n) is 6.89. The topological polar surface area (TPSA) is 65.5 Å². The zero-order valence-corrected chi connectivity index (χ0v) is 16.4. The Labute approximate surface area is 167 Å². The minimum absolute atomic E-state index is 0.0253. The van der Waals surface area contributed by atoms with Crippen LogP contribution in [0.15, 0.2) is 24.4 Å². The summed E-state index contributed by atoms with van der Waals surface area (Å²) in [5, 5.41) is 2.97. The number of methoxy groups -OCH3 is 1. The average Bonchev–Trinajstić information content (AvgIpc) is 2.72. The van der Waals surface area contributed by atoms with E-state index in [4.69, 9.17) is 14.2 Å². The third kappa shape index (κ3) is 5.16. The molecule has 2 aromatic rings. The summed E-state index contributed by atoms with van der Waals surface area (Å²) in [4.78, 5) is 8.45. The van der Waals surface area contributed by atoms with Gasteiger partial charge in [-0.25, -0.2) is 23.1 Å². The molecule has 0 saturated carbocycles. The Kier molecular flexibility index (Phi) is 6.92. The Morgan fingerprint density at radius 1 is 1.28 bits per heavy atom. The zero-order chi connectivity index (χ0) is 20.9. The Hall–Kier alpha value is -2.39. The lowest BCUT2D eigenvalue weighted by Gasteiger charge is -2.35. The van der Waals surface area contributed by atoms with Crippen molar-refractivity contribution in [3.05, 3.63) is 47.2 Å². The molecule has 0 spiro atoms. The molecule has 3 rings (SSSR count). The summed E-state index contributed by atoms with van der Waals surface area (Å²) in [5.74, 6) is 0.305. The highest BCUT2D eigenvalue weighted by Gasteiger charge is 2.33. The summed E-state index contributed by atoms with van der Waals surface area (Å²) in [6.07, 6.45) is 0.0500. The van der Waals surface area contributed by atoms with Crippen LogP contribution >= 0.6 is 0 Å². The fourth-order valence-electron chi connectivity index (χ4n) is 3.13. The van der Waals surface area contributed by atoms with Crippen LogP contribution in [0.4, 0.5) is 19.0 Å².